The van der Waals surface area contributed by atoms with Crippen LogP contribution in [-0.2, 0) is 20.9 Å². The number of alkyl halides is 2. The maximum absolute atomic E-state index is 12.2. The van der Waals surface area contributed by atoms with E-state index in [9.17, 15) is 33.3 Å². The van der Waals surface area contributed by atoms with Gasteiger partial charge in [-0.25, -0.2) is 4.79 Å². The number of halogens is 3. The summed E-state index contributed by atoms with van der Waals surface area (Å²) in [7, 11) is 0. The van der Waals surface area contributed by atoms with Gasteiger partial charge in [0.25, 0.3) is 11.6 Å². The second kappa shape index (κ2) is 10.7. The highest BCUT2D eigenvalue weighted by atomic mass is 35.5. The van der Waals surface area contributed by atoms with Gasteiger partial charge in [0.2, 0.25) is 0 Å². The summed E-state index contributed by atoms with van der Waals surface area (Å²) in [4.78, 5) is 46.0. The number of hydrogen-bond donors (Lipinski definition) is 1. The third kappa shape index (κ3) is 6.28. The molecule has 0 aliphatic heterocycles. The Morgan fingerprint density at radius 2 is 2.00 bits per heavy atom. The first-order valence-corrected chi connectivity index (χ1v) is 9.99. The Kier molecular flexibility index (Phi) is 7.79. The van der Waals surface area contributed by atoms with Gasteiger partial charge in [-0.2, -0.15) is 8.78 Å². The lowest BCUT2D eigenvalue weighted by molar-refractivity contribution is -0.384. The first-order valence-electron chi connectivity index (χ1n) is 9.61. The number of non-ortho nitro benzene ring substituents is 1. The van der Waals surface area contributed by atoms with Crippen molar-refractivity contribution in [2.24, 2.45) is 0 Å². The van der Waals surface area contributed by atoms with Crippen molar-refractivity contribution in [3.05, 3.63) is 62.1 Å². The van der Waals surface area contributed by atoms with E-state index in [2.05, 4.69) is 10.1 Å². The number of aromatic nitrogens is 1. The molecule has 0 aliphatic rings. The molecule has 0 spiro atoms. The molecule has 3 aromatic rings. The van der Waals surface area contributed by atoms with Crippen molar-refractivity contribution in [2.75, 3.05) is 11.9 Å². The summed E-state index contributed by atoms with van der Waals surface area (Å²) in [5.41, 5.74) is 0.341. The van der Waals surface area contributed by atoms with Gasteiger partial charge in [0.15, 0.2) is 12.2 Å². The van der Waals surface area contributed by atoms with E-state index in [-0.39, 0.29) is 47.1 Å². The van der Waals surface area contributed by atoms with Gasteiger partial charge >= 0.3 is 18.3 Å². The topological polar surface area (TPSA) is 143 Å². The number of nitrogens with one attached hydrogen (secondary N) is 1. The number of nitro groups is 1. The van der Waals surface area contributed by atoms with E-state index in [4.69, 9.17) is 20.8 Å². The van der Waals surface area contributed by atoms with Gasteiger partial charge in [0, 0.05) is 24.7 Å². The molecule has 11 nitrogen and oxygen atoms in total. The van der Waals surface area contributed by atoms with Crippen molar-refractivity contribution in [3.63, 3.8) is 0 Å². The fraction of sp³-hybridized carbons (Fsp3) is 0.250. The number of carbonyl (C=O) groups excluding carboxylic acids is 2. The third-order valence-electron chi connectivity index (χ3n) is 4.42. The first-order chi connectivity index (χ1) is 16.1. The number of esters is 1. The Bertz CT molecular complexity index is 1290. The van der Waals surface area contributed by atoms with Crippen LogP contribution in [0.3, 0.4) is 0 Å². The van der Waals surface area contributed by atoms with E-state index >= 15 is 0 Å². The van der Waals surface area contributed by atoms with Gasteiger partial charge in [-0.1, -0.05) is 11.6 Å². The number of anilines is 1. The molecule has 180 valence electrons. The molecule has 0 saturated carbocycles. The summed E-state index contributed by atoms with van der Waals surface area (Å²) >= 11 is 5.80. The Balaban J connectivity index is 1.46. The average Bonchev–Trinajstić information content (AvgIpc) is 3.08. The molecule has 0 radical (unpaired) electrons. The predicted octanol–water partition coefficient (Wildman–Crippen LogP) is 3.72. The van der Waals surface area contributed by atoms with E-state index in [1.807, 2.05) is 0 Å². The highest BCUT2D eigenvalue weighted by Crippen LogP contribution is 2.29. The van der Waals surface area contributed by atoms with E-state index in [0.717, 1.165) is 12.1 Å². The second-order valence-corrected chi connectivity index (χ2v) is 7.17. The molecule has 1 N–H and O–H groups in total. The van der Waals surface area contributed by atoms with Crippen LogP contribution in [0.5, 0.6) is 5.75 Å². The van der Waals surface area contributed by atoms with Gasteiger partial charge < -0.3 is 19.2 Å². The number of nitrogens with zero attached hydrogens (tertiary/aromatic N) is 2. The van der Waals surface area contributed by atoms with Crippen LogP contribution in [0, 0.1) is 10.1 Å². The maximum atomic E-state index is 12.2. The summed E-state index contributed by atoms with van der Waals surface area (Å²) in [5.74, 6) is -2.38. The summed E-state index contributed by atoms with van der Waals surface area (Å²) in [6, 6.07) is 7.36. The molecular weight excluding hydrogens is 484 g/mol. The average molecular weight is 500 g/mol. The molecule has 1 amide bonds. The van der Waals surface area contributed by atoms with Gasteiger partial charge in [-0.05, 0) is 30.7 Å². The largest absolute Gasteiger partial charge is 0.456 e. The Hall–Kier alpha value is -4.00. The molecule has 2 aromatic carbocycles. The lowest BCUT2D eigenvalue weighted by atomic mass is 10.2. The Morgan fingerprint density at radius 1 is 1.24 bits per heavy atom. The molecule has 0 saturated heterocycles. The minimum atomic E-state index is -3.05. The molecule has 0 atom stereocenters. The van der Waals surface area contributed by atoms with Crippen molar-refractivity contribution < 1.29 is 37.2 Å². The molecule has 14 heteroatoms. The standard InChI is InChI=1S/C20H16ClF2N3O8/c21-13-8-11(3-6-15(13)33-19(22)23)24-17(27)10-32-18(28)2-1-7-25-14-5-4-12(26(30)31)9-16(14)34-20(25)29/h3-6,8-9,19H,1-2,7,10H2,(H,24,27). The molecule has 0 unspecified atom stereocenters. The fourth-order valence-corrected chi connectivity index (χ4v) is 3.17. The van der Waals surface area contributed by atoms with Crippen molar-refractivity contribution in [3.8, 4) is 5.75 Å². The Labute approximate surface area is 193 Å². The van der Waals surface area contributed by atoms with Crippen molar-refractivity contribution in [1.82, 2.24) is 4.57 Å². The van der Waals surface area contributed by atoms with Gasteiger partial charge in [-0.15, -0.1) is 0 Å². The second-order valence-electron chi connectivity index (χ2n) is 6.76. The number of benzene rings is 2. The molecule has 0 bridgehead atoms. The predicted molar refractivity (Wildman–Crippen MR) is 114 cm³/mol. The SMILES string of the molecule is O=C(COC(=O)CCCn1c(=O)oc2cc([N+](=O)[O-])ccc21)Nc1ccc(OC(F)F)c(Cl)c1. The zero-order chi connectivity index (χ0) is 24.8. The molecular formula is C20H16ClF2N3O8. The van der Waals surface area contributed by atoms with Crippen molar-refractivity contribution in [1.29, 1.82) is 0 Å². The summed E-state index contributed by atoms with van der Waals surface area (Å²) in [6.07, 6.45) is 0.0536. The number of ether oxygens (including phenoxy) is 2. The summed E-state index contributed by atoms with van der Waals surface area (Å²) < 4.78 is 39.8. The van der Waals surface area contributed by atoms with Crippen molar-refractivity contribution >= 4 is 46.0 Å². The quantitative estimate of drug-likeness (QED) is 0.252. The van der Waals surface area contributed by atoms with E-state index < -0.39 is 35.8 Å². The number of hydrogen-bond acceptors (Lipinski definition) is 8. The molecule has 1 aromatic heterocycles. The summed E-state index contributed by atoms with van der Waals surface area (Å²) in [5, 5.41) is 13.1. The van der Waals surface area contributed by atoms with Crippen LogP contribution >= 0.6 is 11.6 Å². The van der Waals surface area contributed by atoms with Gasteiger partial charge in [-0.3, -0.25) is 24.3 Å². The van der Waals surface area contributed by atoms with E-state index in [1.54, 1.807) is 0 Å². The van der Waals surface area contributed by atoms with Crippen LogP contribution in [0.4, 0.5) is 20.2 Å². The first kappa shape index (κ1) is 24.6. The highest BCUT2D eigenvalue weighted by molar-refractivity contribution is 6.32. The number of rotatable bonds is 10. The smallest absolute Gasteiger partial charge is 0.419 e. The third-order valence-corrected chi connectivity index (χ3v) is 4.72. The molecule has 3 rings (SSSR count). The minimum Gasteiger partial charge on any atom is -0.456 e. The van der Waals surface area contributed by atoms with Crippen LogP contribution in [-0.4, -0.2) is 34.6 Å². The van der Waals surface area contributed by atoms with Crippen LogP contribution in [0.25, 0.3) is 11.1 Å². The Morgan fingerprint density at radius 3 is 2.68 bits per heavy atom. The van der Waals surface area contributed by atoms with Gasteiger partial charge in [0.1, 0.15) is 5.75 Å². The number of amides is 1. The zero-order valence-corrected chi connectivity index (χ0v) is 17.9. The zero-order valence-electron chi connectivity index (χ0n) is 17.2. The molecule has 0 aliphatic carbocycles. The molecule has 1 heterocycles. The van der Waals surface area contributed by atoms with Crippen LogP contribution < -0.4 is 15.8 Å². The van der Waals surface area contributed by atoms with Crippen molar-refractivity contribution in [2.45, 2.75) is 26.0 Å². The van der Waals surface area contributed by atoms with Crippen LogP contribution in [0.15, 0.2) is 45.6 Å². The monoisotopic (exact) mass is 499 g/mol. The lowest BCUT2D eigenvalue weighted by Gasteiger charge is -2.10. The maximum Gasteiger partial charge on any atom is 0.419 e. The van der Waals surface area contributed by atoms with E-state index in [0.29, 0.717) is 5.52 Å². The molecule has 34 heavy (non-hydrogen) atoms. The van der Waals surface area contributed by atoms with Crippen LogP contribution in [0.1, 0.15) is 12.8 Å². The number of aryl methyl sites for hydroxylation is 1. The van der Waals surface area contributed by atoms with Crippen LogP contribution in [0.2, 0.25) is 5.02 Å². The fourth-order valence-electron chi connectivity index (χ4n) is 2.95. The number of fused-ring (bicyclic) bond motifs is 1. The summed E-state index contributed by atoms with van der Waals surface area (Å²) in [6.45, 7) is -3.58. The normalized spacial score (nSPS) is 10.9. The number of oxazole rings is 1. The lowest BCUT2D eigenvalue weighted by Crippen LogP contribution is -2.21. The minimum absolute atomic E-state index is 0.0485. The van der Waals surface area contributed by atoms with Gasteiger partial charge in [0.05, 0.1) is 21.5 Å². The van der Waals surface area contributed by atoms with E-state index in [1.165, 1.54) is 28.8 Å². The molecule has 0 fully saturated rings. The highest BCUT2D eigenvalue weighted by Gasteiger charge is 2.15. The number of nitro benzene ring substituents is 1. The number of carbonyl (C=O) groups is 2.